The predicted octanol–water partition coefficient (Wildman–Crippen LogP) is 2.49. The minimum absolute atomic E-state index is 0.0913. The van der Waals surface area contributed by atoms with Crippen LogP contribution >= 0.6 is 0 Å². The summed E-state index contributed by atoms with van der Waals surface area (Å²) in [5.74, 6) is -0.744. The van der Waals surface area contributed by atoms with Gasteiger partial charge in [0.05, 0.1) is 6.04 Å². The molecule has 91 valence electrons. The summed E-state index contributed by atoms with van der Waals surface area (Å²) in [6.07, 6.45) is -2.91. The van der Waals surface area contributed by atoms with E-state index in [1.807, 2.05) is 0 Å². The second-order valence-electron chi connectivity index (χ2n) is 3.74. The Morgan fingerprint density at radius 1 is 1.24 bits per heavy atom. The smallest absolute Gasteiger partial charge is 0.406 e. The molecule has 3 nitrogen and oxygen atoms in total. The van der Waals surface area contributed by atoms with Crippen molar-refractivity contribution in [1.29, 1.82) is 0 Å². The molecule has 0 unspecified atom stereocenters. The van der Waals surface area contributed by atoms with Crippen LogP contribution in [0.3, 0.4) is 0 Å². The summed E-state index contributed by atoms with van der Waals surface area (Å²) >= 11 is 0. The van der Waals surface area contributed by atoms with Gasteiger partial charge in [-0.3, -0.25) is 4.79 Å². The molecule has 6 heteroatoms. The van der Waals surface area contributed by atoms with Gasteiger partial charge in [-0.05, 0) is 37.1 Å². The third kappa shape index (κ3) is 3.65. The lowest BCUT2D eigenvalue weighted by molar-refractivity contribution is -0.274. The van der Waals surface area contributed by atoms with Gasteiger partial charge in [0.25, 0.3) is 5.91 Å². The van der Waals surface area contributed by atoms with Crippen molar-refractivity contribution in [3.63, 3.8) is 0 Å². The van der Waals surface area contributed by atoms with Crippen LogP contribution in [0, 0.1) is 0 Å². The molecule has 1 saturated carbocycles. The van der Waals surface area contributed by atoms with Gasteiger partial charge < -0.3 is 4.74 Å². The normalized spacial score (nSPS) is 15.5. The van der Waals surface area contributed by atoms with E-state index in [2.05, 4.69) is 10.1 Å². The van der Waals surface area contributed by atoms with E-state index in [1.165, 1.54) is 12.1 Å². The highest BCUT2D eigenvalue weighted by Gasteiger charge is 2.31. The van der Waals surface area contributed by atoms with Crippen LogP contribution in [0.1, 0.15) is 23.2 Å². The van der Waals surface area contributed by atoms with Crippen molar-refractivity contribution >= 4 is 5.91 Å². The summed E-state index contributed by atoms with van der Waals surface area (Å²) in [5, 5.41) is 3.86. The lowest BCUT2D eigenvalue weighted by Crippen LogP contribution is -2.18. The zero-order valence-corrected chi connectivity index (χ0v) is 8.70. The van der Waals surface area contributed by atoms with Gasteiger partial charge in [0.15, 0.2) is 0 Å². The van der Waals surface area contributed by atoms with Crippen molar-refractivity contribution in [2.75, 3.05) is 0 Å². The average Bonchev–Trinajstić information content (AvgIpc) is 3.00. The molecule has 1 amide bonds. The highest BCUT2D eigenvalue weighted by Crippen LogP contribution is 2.24. The number of ether oxygens (including phenoxy) is 1. The van der Waals surface area contributed by atoms with Gasteiger partial charge in [-0.15, -0.1) is 13.2 Å². The topological polar surface area (TPSA) is 40.4 Å². The summed E-state index contributed by atoms with van der Waals surface area (Å²) in [6.45, 7) is 0. The van der Waals surface area contributed by atoms with Gasteiger partial charge in [0.1, 0.15) is 5.75 Å². The fourth-order valence-electron chi connectivity index (χ4n) is 1.24. The van der Waals surface area contributed by atoms with Crippen LogP contribution in [0.2, 0.25) is 0 Å². The van der Waals surface area contributed by atoms with Crippen LogP contribution in [-0.2, 0) is 0 Å². The first kappa shape index (κ1) is 11.8. The number of benzene rings is 1. The Labute approximate surface area is 95.6 Å². The van der Waals surface area contributed by atoms with Crippen molar-refractivity contribution in [2.24, 2.45) is 0 Å². The molecule has 0 heterocycles. The molecule has 1 aromatic rings. The van der Waals surface area contributed by atoms with Crippen molar-refractivity contribution < 1.29 is 22.7 Å². The van der Waals surface area contributed by atoms with E-state index in [0.717, 1.165) is 25.0 Å². The Morgan fingerprint density at radius 3 is 2.29 bits per heavy atom. The third-order valence-corrected chi connectivity index (χ3v) is 2.18. The number of hydrogen-bond acceptors (Lipinski definition) is 2. The minimum Gasteiger partial charge on any atom is -0.406 e. The summed E-state index contributed by atoms with van der Waals surface area (Å²) in [6, 6.07) is 4.84. The molecule has 1 radical (unpaired) electrons. The van der Waals surface area contributed by atoms with E-state index >= 15 is 0 Å². The molecule has 0 bridgehead atoms. The second-order valence-corrected chi connectivity index (χ2v) is 3.74. The molecule has 1 aliphatic rings. The van der Waals surface area contributed by atoms with E-state index in [0.29, 0.717) is 0 Å². The molecule has 0 aliphatic heterocycles. The number of halogens is 3. The van der Waals surface area contributed by atoms with Crippen molar-refractivity contribution in [1.82, 2.24) is 5.32 Å². The Morgan fingerprint density at radius 2 is 1.82 bits per heavy atom. The first-order valence-electron chi connectivity index (χ1n) is 5.05. The van der Waals surface area contributed by atoms with Gasteiger partial charge in [-0.1, -0.05) is 0 Å². The second kappa shape index (κ2) is 4.27. The number of hydrogen-bond donors (Lipinski definition) is 0. The van der Waals surface area contributed by atoms with Crippen molar-refractivity contribution in [2.45, 2.75) is 25.2 Å². The number of alkyl halides is 3. The fourth-order valence-corrected chi connectivity index (χ4v) is 1.24. The van der Waals surface area contributed by atoms with Crippen molar-refractivity contribution in [3.05, 3.63) is 29.8 Å². The first-order chi connectivity index (χ1) is 7.94. The molecule has 1 fully saturated rings. The quantitative estimate of drug-likeness (QED) is 0.819. The van der Waals surface area contributed by atoms with Crippen molar-refractivity contribution in [3.8, 4) is 5.75 Å². The van der Waals surface area contributed by atoms with E-state index < -0.39 is 12.3 Å². The van der Waals surface area contributed by atoms with E-state index in [9.17, 15) is 18.0 Å². The molecule has 1 aliphatic carbocycles. The largest absolute Gasteiger partial charge is 0.573 e. The van der Waals surface area contributed by atoms with Crippen LogP contribution in [0.5, 0.6) is 5.75 Å². The van der Waals surface area contributed by atoms with Crippen LogP contribution in [0.15, 0.2) is 24.3 Å². The summed E-state index contributed by atoms with van der Waals surface area (Å²) in [4.78, 5) is 11.5. The zero-order valence-electron chi connectivity index (χ0n) is 8.70. The van der Waals surface area contributed by atoms with E-state index in [-0.39, 0.29) is 17.4 Å². The summed E-state index contributed by atoms with van der Waals surface area (Å²) < 4.78 is 39.3. The first-order valence-corrected chi connectivity index (χ1v) is 5.05. The molecule has 0 aromatic heterocycles. The number of amides is 1. The molecule has 1 aromatic carbocycles. The van der Waals surface area contributed by atoms with Gasteiger partial charge in [0, 0.05) is 5.56 Å². The standard InChI is InChI=1S/C11H9F3NO2/c12-11(13,14)17-9-5-1-7(2-6-9)10(16)15-8-3-4-8/h1-2,5-6,8H,3-4H2. The molecule has 0 N–H and O–H groups in total. The Kier molecular flexibility index (Phi) is 2.95. The molecular weight excluding hydrogens is 235 g/mol. The molecular formula is C11H9F3NO2. The van der Waals surface area contributed by atoms with Crippen LogP contribution < -0.4 is 10.1 Å². The number of carbonyl (C=O) groups is 1. The minimum atomic E-state index is -4.72. The Balaban J connectivity index is 1.99. The monoisotopic (exact) mass is 244 g/mol. The zero-order chi connectivity index (χ0) is 12.5. The summed E-state index contributed by atoms with van der Waals surface area (Å²) in [5.41, 5.74) is 0.270. The van der Waals surface area contributed by atoms with E-state index in [1.54, 1.807) is 0 Å². The number of nitrogens with zero attached hydrogens (tertiary/aromatic N) is 1. The Hall–Kier alpha value is -1.72. The molecule has 0 atom stereocenters. The highest BCUT2D eigenvalue weighted by atomic mass is 19.4. The van der Waals surface area contributed by atoms with Gasteiger partial charge in [-0.25, -0.2) is 5.32 Å². The Bertz CT molecular complexity index is 410. The third-order valence-electron chi connectivity index (χ3n) is 2.18. The van der Waals surface area contributed by atoms with Crippen LogP contribution in [0.4, 0.5) is 13.2 Å². The molecule has 17 heavy (non-hydrogen) atoms. The van der Waals surface area contributed by atoms with Gasteiger partial charge >= 0.3 is 6.36 Å². The summed E-state index contributed by atoms with van der Waals surface area (Å²) in [7, 11) is 0. The molecule has 0 saturated heterocycles. The highest BCUT2D eigenvalue weighted by molar-refractivity contribution is 5.94. The molecule has 0 spiro atoms. The lowest BCUT2D eigenvalue weighted by atomic mass is 10.2. The SMILES string of the molecule is O=C([N]C1CC1)c1ccc(OC(F)(F)F)cc1. The van der Waals surface area contributed by atoms with Gasteiger partial charge in [0.2, 0.25) is 0 Å². The predicted molar refractivity (Wildman–Crippen MR) is 52.6 cm³/mol. The molecule has 2 rings (SSSR count). The number of carbonyl (C=O) groups excluding carboxylic acids is 1. The maximum Gasteiger partial charge on any atom is 0.573 e. The lowest BCUT2D eigenvalue weighted by Gasteiger charge is -2.08. The van der Waals surface area contributed by atoms with Crippen LogP contribution in [0.25, 0.3) is 0 Å². The fraction of sp³-hybridized carbons (Fsp3) is 0.364. The average molecular weight is 244 g/mol. The maximum absolute atomic E-state index is 11.9. The number of rotatable bonds is 3. The maximum atomic E-state index is 11.9. The van der Waals surface area contributed by atoms with Gasteiger partial charge in [-0.2, -0.15) is 0 Å². The van der Waals surface area contributed by atoms with E-state index in [4.69, 9.17) is 0 Å². The van der Waals surface area contributed by atoms with Crippen LogP contribution in [-0.4, -0.2) is 18.3 Å².